The Morgan fingerprint density at radius 1 is 1.16 bits per heavy atom. The van der Waals surface area contributed by atoms with Gasteiger partial charge < -0.3 is 25.2 Å². The number of rotatable bonds is 7. The summed E-state index contributed by atoms with van der Waals surface area (Å²) in [6.07, 6.45) is 11.4. The first-order chi connectivity index (χ1) is 20.9. The summed E-state index contributed by atoms with van der Waals surface area (Å²) in [7, 11) is 3.53. The number of imidazole rings is 1. The molecule has 226 valence electrons. The Kier molecular flexibility index (Phi) is 8.17. The molecule has 3 aromatic rings. The van der Waals surface area contributed by atoms with Crippen molar-refractivity contribution in [2.75, 3.05) is 37.5 Å². The molecule has 2 aromatic heterocycles. The van der Waals surface area contributed by atoms with E-state index in [9.17, 15) is 10.1 Å². The van der Waals surface area contributed by atoms with E-state index in [1.54, 1.807) is 12.5 Å². The molecular weight excluding hydrogens is 549 g/mol. The highest BCUT2D eigenvalue weighted by molar-refractivity contribution is 5.96. The van der Waals surface area contributed by atoms with Gasteiger partial charge in [0.2, 0.25) is 5.95 Å². The van der Waals surface area contributed by atoms with Gasteiger partial charge in [0.25, 0.3) is 5.91 Å². The van der Waals surface area contributed by atoms with E-state index in [-0.39, 0.29) is 29.6 Å². The minimum absolute atomic E-state index is 0.00935. The minimum Gasteiger partial charge on any atom is -0.495 e. The number of nitrogens with one attached hydrogen (secondary N) is 2. The van der Waals surface area contributed by atoms with Crippen molar-refractivity contribution in [3.8, 4) is 17.5 Å². The number of halogens is 1. The molecule has 1 atom stereocenters. The molecule has 3 aliphatic rings. The van der Waals surface area contributed by atoms with Gasteiger partial charge in [-0.15, -0.1) is 0 Å². The van der Waals surface area contributed by atoms with Gasteiger partial charge in [-0.25, -0.2) is 14.4 Å². The topological polar surface area (TPSA) is 124 Å². The van der Waals surface area contributed by atoms with Crippen LogP contribution in [-0.4, -0.2) is 69.7 Å². The van der Waals surface area contributed by atoms with Gasteiger partial charge in [0, 0.05) is 18.2 Å². The highest BCUT2D eigenvalue weighted by atomic mass is 19.1. The summed E-state index contributed by atoms with van der Waals surface area (Å²) < 4.78 is 22.8. The zero-order valence-corrected chi connectivity index (χ0v) is 24.9. The summed E-state index contributed by atoms with van der Waals surface area (Å²) in [5.74, 6) is 0.221. The first-order valence-electron chi connectivity index (χ1n) is 15.2. The number of fused-ring (bicyclic) bond motifs is 3. The summed E-state index contributed by atoms with van der Waals surface area (Å²) in [6.45, 7) is 3.89. The van der Waals surface area contributed by atoms with Gasteiger partial charge >= 0.3 is 0 Å². The van der Waals surface area contributed by atoms with Crippen molar-refractivity contribution >= 4 is 23.4 Å². The molecule has 0 bridgehead atoms. The Bertz CT molecular complexity index is 1540. The van der Waals surface area contributed by atoms with Crippen LogP contribution in [0, 0.1) is 17.1 Å². The van der Waals surface area contributed by atoms with Crippen molar-refractivity contribution in [1.82, 2.24) is 29.7 Å². The van der Waals surface area contributed by atoms with E-state index < -0.39 is 11.7 Å². The largest absolute Gasteiger partial charge is 0.495 e. The summed E-state index contributed by atoms with van der Waals surface area (Å²) in [5.41, 5.74) is 2.29. The Morgan fingerprint density at radius 2 is 1.93 bits per heavy atom. The van der Waals surface area contributed by atoms with Crippen LogP contribution in [0.15, 0.2) is 24.7 Å². The van der Waals surface area contributed by atoms with Crippen molar-refractivity contribution in [1.29, 1.82) is 5.26 Å². The summed E-state index contributed by atoms with van der Waals surface area (Å²) >= 11 is 0. The fourth-order valence-corrected chi connectivity index (χ4v) is 6.73. The second-order valence-electron chi connectivity index (χ2n) is 11.7. The molecule has 2 N–H and O–H groups in total. The first-order valence-corrected chi connectivity index (χ1v) is 15.2. The molecule has 0 spiro atoms. The Labute approximate surface area is 251 Å². The third kappa shape index (κ3) is 5.49. The third-order valence-electron chi connectivity index (χ3n) is 9.00. The van der Waals surface area contributed by atoms with E-state index in [0.29, 0.717) is 17.1 Å². The maximum absolute atomic E-state index is 15.4. The van der Waals surface area contributed by atoms with Gasteiger partial charge in [-0.05, 0) is 58.3 Å². The number of carbonyl (C=O) groups excluding carboxylic acids is 1. The van der Waals surface area contributed by atoms with Crippen LogP contribution in [0.2, 0.25) is 0 Å². The molecule has 12 heteroatoms. The minimum atomic E-state index is -0.659. The Balaban J connectivity index is 1.32. The first kappa shape index (κ1) is 28.9. The Morgan fingerprint density at radius 3 is 2.63 bits per heavy atom. The molecular formula is C31H38FN9O2. The van der Waals surface area contributed by atoms with Crippen LogP contribution < -0.4 is 20.3 Å². The number of benzene rings is 1. The zero-order valence-electron chi connectivity index (χ0n) is 24.9. The highest BCUT2D eigenvalue weighted by Crippen LogP contribution is 2.44. The number of nitriles is 1. The number of methoxy groups -OCH3 is 1. The smallest absolute Gasteiger partial charge is 0.254 e. The zero-order chi connectivity index (χ0) is 30.1. The maximum atomic E-state index is 15.4. The lowest BCUT2D eigenvalue weighted by Gasteiger charge is -2.44. The molecule has 2 fully saturated rings. The molecule has 2 aliphatic heterocycles. The van der Waals surface area contributed by atoms with Crippen molar-refractivity contribution < 1.29 is 13.9 Å². The third-order valence-corrected chi connectivity index (χ3v) is 9.00. The number of nitrogens with zero attached hydrogens (tertiary/aromatic N) is 7. The number of hydrogen-bond donors (Lipinski definition) is 2. The van der Waals surface area contributed by atoms with Gasteiger partial charge in [-0.2, -0.15) is 10.2 Å². The van der Waals surface area contributed by atoms with E-state index in [1.807, 2.05) is 4.57 Å². The molecule has 4 heterocycles. The van der Waals surface area contributed by atoms with Gasteiger partial charge in [0.15, 0.2) is 11.5 Å². The molecule has 6 rings (SSSR count). The molecule has 0 radical (unpaired) electrons. The fourth-order valence-electron chi connectivity index (χ4n) is 6.73. The number of piperidine rings is 1. The number of amides is 1. The average Bonchev–Trinajstić information content (AvgIpc) is 3.46. The van der Waals surface area contributed by atoms with Gasteiger partial charge in [-0.1, -0.05) is 26.2 Å². The van der Waals surface area contributed by atoms with Crippen LogP contribution in [0.4, 0.5) is 21.8 Å². The molecule has 1 saturated heterocycles. The lowest BCUT2D eigenvalue weighted by Crippen LogP contribution is -2.44. The monoisotopic (exact) mass is 587 g/mol. The van der Waals surface area contributed by atoms with Crippen LogP contribution in [0.3, 0.4) is 0 Å². The Hall–Kier alpha value is -4.24. The van der Waals surface area contributed by atoms with Crippen LogP contribution in [0.5, 0.6) is 5.75 Å². The van der Waals surface area contributed by atoms with Crippen LogP contribution in [0.1, 0.15) is 86.1 Å². The van der Waals surface area contributed by atoms with Crippen LogP contribution in [-0.2, 0) is 0 Å². The van der Waals surface area contributed by atoms with E-state index in [4.69, 9.17) is 9.72 Å². The second-order valence-corrected chi connectivity index (χ2v) is 11.7. The normalized spacial score (nSPS) is 19.3. The predicted molar refractivity (Wildman–Crippen MR) is 160 cm³/mol. The van der Waals surface area contributed by atoms with Gasteiger partial charge in [0.1, 0.15) is 29.7 Å². The number of ether oxygens (including phenoxy) is 1. The lowest BCUT2D eigenvalue weighted by molar-refractivity contribution is 0.0912. The van der Waals surface area contributed by atoms with Crippen molar-refractivity contribution in [3.63, 3.8) is 0 Å². The summed E-state index contributed by atoms with van der Waals surface area (Å²) in [5, 5.41) is 15.9. The SMILES string of the molecule is CCC1c2c(C#N)ncn2-c2cnc(Nc3cc(F)c(C(=O)NC4CCN(C)CC4)cc3OC)nc2N1C1CCCCC1. The van der Waals surface area contributed by atoms with E-state index in [2.05, 4.69) is 50.4 Å². The van der Waals surface area contributed by atoms with E-state index >= 15 is 4.39 Å². The summed E-state index contributed by atoms with van der Waals surface area (Å²) in [6, 6.07) is 5.15. The quantitative estimate of drug-likeness (QED) is 0.399. The number of likely N-dealkylation sites (tertiary alicyclic amines) is 1. The van der Waals surface area contributed by atoms with Crippen molar-refractivity contribution in [2.24, 2.45) is 0 Å². The molecule has 1 aromatic carbocycles. The van der Waals surface area contributed by atoms with Gasteiger partial charge in [-0.3, -0.25) is 9.36 Å². The molecule has 1 saturated carbocycles. The van der Waals surface area contributed by atoms with Crippen LogP contribution in [0.25, 0.3) is 5.69 Å². The number of anilines is 3. The maximum Gasteiger partial charge on any atom is 0.254 e. The van der Waals surface area contributed by atoms with Crippen LogP contribution >= 0.6 is 0 Å². The van der Waals surface area contributed by atoms with Crippen molar-refractivity contribution in [3.05, 3.63) is 47.4 Å². The van der Waals surface area contributed by atoms with E-state index in [0.717, 1.165) is 75.2 Å². The van der Waals surface area contributed by atoms with Crippen molar-refractivity contribution in [2.45, 2.75) is 76.4 Å². The summed E-state index contributed by atoms with van der Waals surface area (Å²) in [4.78, 5) is 31.4. The number of hydrogen-bond acceptors (Lipinski definition) is 9. The second kappa shape index (κ2) is 12.2. The number of aromatic nitrogens is 4. The average molecular weight is 588 g/mol. The fraction of sp³-hybridized carbons (Fsp3) is 0.516. The standard InChI is InChI=1S/C31H38FN9O2/c1-4-25-28-24(16-33)35-18-40(28)26-17-34-31(38-29(26)41(25)20-8-6-5-7-9-20)37-23-15-22(32)21(14-27(23)43-3)30(42)36-19-10-12-39(2)13-11-19/h14-15,17-20,25H,4-13H2,1-3H3,(H,36,42)(H,34,37,38). The number of carbonyl (C=O) groups is 1. The molecule has 11 nitrogen and oxygen atoms in total. The molecule has 1 aliphatic carbocycles. The lowest BCUT2D eigenvalue weighted by atomic mass is 9.91. The van der Waals surface area contributed by atoms with Gasteiger partial charge in [0.05, 0.1) is 36.3 Å². The predicted octanol–water partition coefficient (Wildman–Crippen LogP) is 4.85. The molecule has 1 amide bonds. The van der Waals surface area contributed by atoms with E-state index in [1.165, 1.54) is 25.7 Å². The molecule has 1 unspecified atom stereocenters. The molecule has 43 heavy (non-hydrogen) atoms. The highest BCUT2D eigenvalue weighted by Gasteiger charge is 2.39.